The van der Waals surface area contributed by atoms with E-state index in [4.69, 9.17) is 10.5 Å². The predicted molar refractivity (Wildman–Crippen MR) is 71.2 cm³/mol. The topological polar surface area (TPSA) is 38.5 Å². The lowest BCUT2D eigenvalue weighted by Crippen LogP contribution is -2.30. The number of ether oxygens (including phenoxy) is 1. The summed E-state index contributed by atoms with van der Waals surface area (Å²) in [5, 5.41) is 0. The Balaban J connectivity index is 2.19. The van der Waals surface area contributed by atoms with Crippen molar-refractivity contribution in [1.82, 2.24) is 0 Å². The molecule has 2 rings (SSSR count). The Morgan fingerprint density at radius 3 is 2.72 bits per heavy atom. The maximum Gasteiger partial charge on any atom is 0.146 e. The number of nitrogens with zero attached hydrogens (tertiary/aromatic N) is 1. The molecule has 2 N–H and O–H groups in total. The van der Waals surface area contributed by atoms with Crippen LogP contribution in [0, 0.1) is 5.82 Å². The van der Waals surface area contributed by atoms with Gasteiger partial charge in [0.25, 0.3) is 0 Å². The van der Waals surface area contributed by atoms with Crippen molar-refractivity contribution in [3.05, 3.63) is 29.6 Å². The van der Waals surface area contributed by atoms with Crippen LogP contribution in [0.4, 0.5) is 10.1 Å². The molecule has 1 aromatic rings. The number of benzene rings is 1. The van der Waals surface area contributed by atoms with Gasteiger partial charge in [-0.2, -0.15) is 0 Å². The number of methoxy groups -OCH3 is 1. The van der Waals surface area contributed by atoms with E-state index in [-0.39, 0.29) is 11.9 Å². The van der Waals surface area contributed by atoms with E-state index in [1.54, 1.807) is 13.2 Å². The van der Waals surface area contributed by atoms with Crippen LogP contribution in [0.5, 0.6) is 0 Å². The summed E-state index contributed by atoms with van der Waals surface area (Å²) in [6.07, 6.45) is 2.27. The van der Waals surface area contributed by atoms with E-state index in [1.165, 1.54) is 0 Å². The summed E-state index contributed by atoms with van der Waals surface area (Å²) in [6.45, 7) is 3.21. The Morgan fingerprint density at radius 1 is 1.50 bits per heavy atom. The lowest BCUT2D eigenvalue weighted by atomic mass is 10.1. The lowest BCUT2D eigenvalue weighted by Gasteiger charge is -2.25. The maximum atomic E-state index is 14.1. The number of halogens is 1. The third kappa shape index (κ3) is 3.00. The summed E-state index contributed by atoms with van der Waals surface area (Å²) in [6, 6.07) is 5.62. The van der Waals surface area contributed by atoms with Crippen LogP contribution in [0.25, 0.3) is 0 Å². The molecule has 100 valence electrons. The Morgan fingerprint density at radius 2 is 2.22 bits per heavy atom. The van der Waals surface area contributed by atoms with E-state index in [2.05, 4.69) is 4.90 Å². The number of hydrogen-bond acceptors (Lipinski definition) is 3. The van der Waals surface area contributed by atoms with E-state index >= 15 is 0 Å². The average Bonchev–Trinajstić information content (AvgIpc) is 3.15. The Hall–Kier alpha value is -1.13. The highest BCUT2D eigenvalue weighted by atomic mass is 19.1. The molecule has 1 atom stereocenters. The highest BCUT2D eigenvalue weighted by Gasteiger charge is 2.30. The summed E-state index contributed by atoms with van der Waals surface area (Å²) >= 11 is 0. The molecular weight excluding hydrogens is 231 g/mol. The van der Waals surface area contributed by atoms with Crippen molar-refractivity contribution >= 4 is 5.69 Å². The number of rotatable bonds is 6. The van der Waals surface area contributed by atoms with Crippen LogP contribution in [-0.2, 0) is 4.74 Å². The zero-order chi connectivity index (χ0) is 13.1. The fraction of sp³-hybridized carbons (Fsp3) is 0.571. The van der Waals surface area contributed by atoms with E-state index in [0.29, 0.717) is 18.3 Å². The van der Waals surface area contributed by atoms with E-state index in [9.17, 15) is 4.39 Å². The second-order valence-electron chi connectivity index (χ2n) is 4.92. The molecular formula is C14H21FN2O. The largest absolute Gasteiger partial charge is 0.383 e. The molecule has 0 spiro atoms. The predicted octanol–water partition coefficient (Wildman–Crippen LogP) is 2.46. The third-order valence-electron chi connectivity index (χ3n) is 3.33. The van der Waals surface area contributed by atoms with Crippen molar-refractivity contribution in [3.63, 3.8) is 0 Å². The summed E-state index contributed by atoms with van der Waals surface area (Å²) < 4.78 is 19.2. The van der Waals surface area contributed by atoms with Crippen molar-refractivity contribution in [2.75, 3.05) is 25.2 Å². The van der Waals surface area contributed by atoms with E-state index < -0.39 is 0 Å². The van der Waals surface area contributed by atoms with Gasteiger partial charge >= 0.3 is 0 Å². The van der Waals surface area contributed by atoms with Gasteiger partial charge < -0.3 is 15.4 Å². The second-order valence-corrected chi connectivity index (χ2v) is 4.92. The summed E-state index contributed by atoms with van der Waals surface area (Å²) in [5.74, 6) is -0.187. The SMILES string of the molecule is COCCN(c1ccc([C@@H](C)N)cc1F)C1CC1. The summed E-state index contributed by atoms with van der Waals surface area (Å²) in [4.78, 5) is 2.10. The molecule has 0 heterocycles. The Labute approximate surface area is 108 Å². The molecule has 0 radical (unpaired) electrons. The van der Waals surface area contributed by atoms with Gasteiger partial charge in [-0.25, -0.2) is 4.39 Å². The van der Waals surface area contributed by atoms with Gasteiger partial charge in [0.15, 0.2) is 0 Å². The Kier molecular flexibility index (Phi) is 4.19. The molecule has 1 saturated carbocycles. The average molecular weight is 252 g/mol. The summed E-state index contributed by atoms with van der Waals surface area (Å²) in [7, 11) is 1.67. The lowest BCUT2D eigenvalue weighted by molar-refractivity contribution is 0.204. The highest BCUT2D eigenvalue weighted by molar-refractivity contribution is 5.51. The minimum Gasteiger partial charge on any atom is -0.383 e. The fourth-order valence-electron chi connectivity index (χ4n) is 2.11. The van der Waals surface area contributed by atoms with E-state index in [1.807, 2.05) is 19.1 Å². The normalized spacial score (nSPS) is 16.7. The molecule has 0 saturated heterocycles. The van der Waals surface area contributed by atoms with Gasteiger partial charge in [-0.1, -0.05) is 6.07 Å². The smallest absolute Gasteiger partial charge is 0.146 e. The maximum absolute atomic E-state index is 14.1. The van der Waals surface area contributed by atoms with Gasteiger partial charge in [0.05, 0.1) is 12.3 Å². The second kappa shape index (κ2) is 5.67. The quantitative estimate of drug-likeness (QED) is 0.845. The molecule has 18 heavy (non-hydrogen) atoms. The standard InChI is InChI=1S/C14H21FN2O/c1-10(16)11-3-6-14(13(15)9-11)17(7-8-18-2)12-4-5-12/h3,6,9-10,12H,4-5,7-8,16H2,1-2H3/t10-/m1/s1. The van der Waals surface area contributed by atoms with Gasteiger partial charge in [0.2, 0.25) is 0 Å². The molecule has 4 heteroatoms. The molecule has 0 bridgehead atoms. The first-order valence-electron chi connectivity index (χ1n) is 6.44. The monoisotopic (exact) mass is 252 g/mol. The minimum atomic E-state index is -0.187. The molecule has 0 amide bonds. The zero-order valence-electron chi connectivity index (χ0n) is 11.0. The first-order chi connectivity index (χ1) is 8.63. The van der Waals surface area contributed by atoms with Crippen molar-refractivity contribution in [2.45, 2.75) is 31.8 Å². The van der Waals surface area contributed by atoms with Gasteiger partial charge in [-0.3, -0.25) is 0 Å². The van der Waals surface area contributed by atoms with Gasteiger partial charge in [0.1, 0.15) is 5.82 Å². The van der Waals surface area contributed by atoms with Gasteiger partial charge in [-0.15, -0.1) is 0 Å². The molecule has 1 aliphatic rings. The van der Waals surface area contributed by atoms with Crippen LogP contribution in [0.15, 0.2) is 18.2 Å². The number of hydrogen-bond donors (Lipinski definition) is 1. The Bertz CT molecular complexity index is 405. The molecule has 1 fully saturated rings. The molecule has 0 aliphatic heterocycles. The van der Waals surface area contributed by atoms with Crippen molar-refractivity contribution in [2.24, 2.45) is 5.73 Å². The first kappa shape index (κ1) is 13.3. The highest BCUT2D eigenvalue weighted by Crippen LogP contribution is 2.33. The van der Waals surface area contributed by atoms with Crippen molar-refractivity contribution in [1.29, 1.82) is 0 Å². The number of nitrogens with two attached hydrogens (primary N) is 1. The van der Waals surface area contributed by atoms with Crippen LogP contribution in [0.1, 0.15) is 31.4 Å². The number of anilines is 1. The molecule has 1 aliphatic carbocycles. The fourth-order valence-corrected chi connectivity index (χ4v) is 2.11. The van der Waals surface area contributed by atoms with Crippen LogP contribution in [-0.4, -0.2) is 26.3 Å². The molecule has 0 aromatic heterocycles. The van der Waals surface area contributed by atoms with Crippen LogP contribution in [0.3, 0.4) is 0 Å². The molecule has 0 unspecified atom stereocenters. The van der Waals surface area contributed by atoms with Crippen LogP contribution < -0.4 is 10.6 Å². The zero-order valence-corrected chi connectivity index (χ0v) is 11.0. The molecule has 3 nitrogen and oxygen atoms in total. The minimum absolute atomic E-state index is 0.137. The first-order valence-corrected chi connectivity index (χ1v) is 6.44. The summed E-state index contributed by atoms with van der Waals surface area (Å²) in [5.41, 5.74) is 7.26. The van der Waals surface area contributed by atoms with E-state index in [0.717, 1.165) is 24.9 Å². The van der Waals surface area contributed by atoms with Crippen molar-refractivity contribution < 1.29 is 9.13 Å². The van der Waals surface area contributed by atoms with Gasteiger partial charge in [0, 0.05) is 25.7 Å². The third-order valence-corrected chi connectivity index (χ3v) is 3.33. The van der Waals surface area contributed by atoms with Gasteiger partial charge in [-0.05, 0) is 37.5 Å². The van der Waals surface area contributed by atoms with Crippen LogP contribution in [0.2, 0.25) is 0 Å². The molecule has 1 aromatic carbocycles. The van der Waals surface area contributed by atoms with Crippen LogP contribution >= 0.6 is 0 Å². The van der Waals surface area contributed by atoms with Crippen molar-refractivity contribution in [3.8, 4) is 0 Å².